The van der Waals surface area contributed by atoms with E-state index in [0.29, 0.717) is 13.2 Å². The number of aromatic amines is 1. The highest BCUT2D eigenvalue weighted by Gasteiger charge is 2.25. The second-order valence-electron chi connectivity index (χ2n) is 3.06. The zero-order chi connectivity index (χ0) is 9.10. The molecule has 1 aliphatic heterocycles. The lowest BCUT2D eigenvalue weighted by Crippen LogP contribution is -2.42. The summed E-state index contributed by atoms with van der Waals surface area (Å²) in [7, 11) is 0. The molecule has 0 saturated carbocycles. The average Bonchev–Trinajstić information content (AvgIpc) is 2.49. The average molecular weight is 180 g/mol. The fourth-order valence-corrected chi connectivity index (χ4v) is 1.22. The highest BCUT2D eigenvalue weighted by molar-refractivity contribution is 5.81. The SMILES string of the molecule is O=C(NCc1ccc[nH]1)C1CCO1. The van der Waals surface area contributed by atoms with E-state index in [4.69, 9.17) is 4.74 Å². The maximum atomic E-state index is 11.3. The van der Waals surface area contributed by atoms with Gasteiger partial charge in [-0.2, -0.15) is 0 Å². The maximum Gasteiger partial charge on any atom is 0.249 e. The predicted octanol–water partition coefficient (Wildman–Crippen LogP) is 0.420. The van der Waals surface area contributed by atoms with E-state index in [9.17, 15) is 4.79 Å². The van der Waals surface area contributed by atoms with E-state index in [1.165, 1.54) is 0 Å². The first-order valence-electron chi connectivity index (χ1n) is 4.38. The van der Waals surface area contributed by atoms with Crippen molar-refractivity contribution < 1.29 is 9.53 Å². The quantitative estimate of drug-likeness (QED) is 0.708. The minimum absolute atomic E-state index is 0.0131. The Balaban J connectivity index is 1.76. The number of hydrogen-bond acceptors (Lipinski definition) is 2. The van der Waals surface area contributed by atoms with Gasteiger partial charge in [0.15, 0.2) is 0 Å². The number of ether oxygens (including phenoxy) is 1. The molecule has 1 aromatic rings. The van der Waals surface area contributed by atoms with E-state index in [1.807, 2.05) is 18.3 Å². The summed E-state index contributed by atoms with van der Waals surface area (Å²) in [6.07, 6.45) is 2.47. The van der Waals surface area contributed by atoms with Crippen LogP contribution in [0.15, 0.2) is 18.3 Å². The molecule has 1 aromatic heterocycles. The molecule has 0 aliphatic carbocycles. The summed E-state index contributed by atoms with van der Waals surface area (Å²) in [5.41, 5.74) is 1.01. The maximum absolute atomic E-state index is 11.3. The number of amides is 1. The molecule has 4 nitrogen and oxygen atoms in total. The monoisotopic (exact) mass is 180 g/mol. The smallest absolute Gasteiger partial charge is 0.249 e. The summed E-state index contributed by atoms with van der Waals surface area (Å²) in [6, 6.07) is 3.84. The predicted molar refractivity (Wildman–Crippen MR) is 47.0 cm³/mol. The Morgan fingerprint density at radius 2 is 2.62 bits per heavy atom. The molecule has 4 heteroatoms. The van der Waals surface area contributed by atoms with Gasteiger partial charge in [0, 0.05) is 18.3 Å². The van der Waals surface area contributed by atoms with Crippen LogP contribution in [0.1, 0.15) is 12.1 Å². The van der Waals surface area contributed by atoms with Crippen LogP contribution in [-0.4, -0.2) is 23.6 Å². The highest BCUT2D eigenvalue weighted by Crippen LogP contribution is 2.10. The van der Waals surface area contributed by atoms with Crippen LogP contribution >= 0.6 is 0 Å². The van der Waals surface area contributed by atoms with Gasteiger partial charge < -0.3 is 15.0 Å². The van der Waals surface area contributed by atoms with Crippen LogP contribution in [0.5, 0.6) is 0 Å². The number of H-pyrrole nitrogens is 1. The fourth-order valence-electron chi connectivity index (χ4n) is 1.22. The lowest BCUT2D eigenvalue weighted by Gasteiger charge is -2.24. The number of carbonyl (C=O) groups is 1. The first-order valence-corrected chi connectivity index (χ1v) is 4.38. The van der Waals surface area contributed by atoms with E-state index in [2.05, 4.69) is 10.3 Å². The Labute approximate surface area is 76.3 Å². The van der Waals surface area contributed by atoms with Crippen molar-refractivity contribution >= 4 is 5.91 Å². The van der Waals surface area contributed by atoms with Gasteiger partial charge in [-0.1, -0.05) is 0 Å². The van der Waals surface area contributed by atoms with Gasteiger partial charge in [0.05, 0.1) is 13.2 Å². The molecule has 1 aliphatic rings. The van der Waals surface area contributed by atoms with Gasteiger partial charge in [-0.05, 0) is 12.1 Å². The van der Waals surface area contributed by atoms with Crippen LogP contribution in [0.2, 0.25) is 0 Å². The Hall–Kier alpha value is -1.29. The number of carbonyl (C=O) groups excluding carboxylic acids is 1. The summed E-state index contributed by atoms with van der Waals surface area (Å²) in [5.74, 6) is -0.0131. The summed E-state index contributed by atoms with van der Waals surface area (Å²) in [5, 5.41) is 2.79. The van der Waals surface area contributed by atoms with Gasteiger partial charge in [-0.15, -0.1) is 0 Å². The van der Waals surface area contributed by atoms with Gasteiger partial charge >= 0.3 is 0 Å². The lowest BCUT2D eigenvalue weighted by atomic mass is 10.2. The molecule has 70 valence electrons. The Bertz CT molecular complexity index is 278. The van der Waals surface area contributed by atoms with Crippen molar-refractivity contribution in [3.05, 3.63) is 24.0 Å². The molecule has 1 amide bonds. The summed E-state index contributed by atoms with van der Waals surface area (Å²) >= 11 is 0. The Morgan fingerprint density at radius 3 is 3.15 bits per heavy atom. The highest BCUT2D eigenvalue weighted by atomic mass is 16.5. The van der Waals surface area contributed by atoms with Crippen LogP contribution in [0.25, 0.3) is 0 Å². The van der Waals surface area contributed by atoms with Crippen LogP contribution < -0.4 is 5.32 Å². The molecule has 13 heavy (non-hydrogen) atoms. The minimum Gasteiger partial charge on any atom is -0.368 e. The van der Waals surface area contributed by atoms with Crippen molar-refractivity contribution in [2.24, 2.45) is 0 Å². The topological polar surface area (TPSA) is 54.1 Å². The van der Waals surface area contributed by atoms with Crippen molar-refractivity contribution in [2.45, 2.75) is 19.1 Å². The van der Waals surface area contributed by atoms with Crippen molar-refractivity contribution in [1.29, 1.82) is 0 Å². The third-order valence-electron chi connectivity index (χ3n) is 2.11. The van der Waals surface area contributed by atoms with Crippen molar-refractivity contribution in [3.8, 4) is 0 Å². The lowest BCUT2D eigenvalue weighted by molar-refractivity contribution is -0.145. The van der Waals surface area contributed by atoms with Gasteiger partial charge in [0.25, 0.3) is 0 Å². The van der Waals surface area contributed by atoms with Crippen LogP contribution in [0.4, 0.5) is 0 Å². The molecule has 1 atom stereocenters. The van der Waals surface area contributed by atoms with Gasteiger partial charge in [-0.3, -0.25) is 4.79 Å². The normalized spacial score (nSPS) is 20.8. The molecule has 1 unspecified atom stereocenters. The zero-order valence-corrected chi connectivity index (χ0v) is 7.25. The van der Waals surface area contributed by atoms with Crippen LogP contribution in [0.3, 0.4) is 0 Å². The standard InChI is InChI=1S/C9H12N2O2/c12-9(8-3-5-13-8)11-6-7-2-1-4-10-7/h1-2,4,8,10H,3,5-6H2,(H,11,12). The molecule has 2 heterocycles. The number of aromatic nitrogens is 1. The van der Waals surface area contributed by atoms with E-state index >= 15 is 0 Å². The second kappa shape index (κ2) is 3.62. The minimum atomic E-state index is -0.213. The molecule has 0 radical (unpaired) electrons. The Kier molecular flexibility index (Phi) is 2.31. The van der Waals surface area contributed by atoms with E-state index in [1.54, 1.807) is 0 Å². The molecule has 1 fully saturated rings. The largest absolute Gasteiger partial charge is 0.368 e. The zero-order valence-electron chi connectivity index (χ0n) is 7.25. The molecule has 0 aromatic carbocycles. The van der Waals surface area contributed by atoms with Crippen molar-refractivity contribution in [3.63, 3.8) is 0 Å². The van der Waals surface area contributed by atoms with Crippen molar-refractivity contribution in [2.75, 3.05) is 6.61 Å². The molecule has 1 saturated heterocycles. The first kappa shape index (κ1) is 8.31. The summed E-state index contributed by atoms with van der Waals surface area (Å²) in [6.45, 7) is 1.26. The number of nitrogens with one attached hydrogen (secondary N) is 2. The third-order valence-corrected chi connectivity index (χ3v) is 2.11. The number of hydrogen-bond donors (Lipinski definition) is 2. The first-order chi connectivity index (χ1) is 6.36. The molecular weight excluding hydrogens is 168 g/mol. The second-order valence-corrected chi connectivity index (χ2v) is 3.06. The molecule has 2 rings (SSSR count). The molecular formula is C9H12N2O2. The third kappa shape index (κ3) is 1.89. The van der Waals surface area contributed by atoms with Gasteiger partial charge in [0.1, 0.15) is 6.10 Å². The van der Waals surface area contributed by atoms with E-state index in [0.717, 1.165) is 12.1 Å². The molecule has 0 bridgehead atoms. The van der Waals surface area contributed by atoms with Crippen molar-refractivity contribution in [1.82, 2.24) is 10.3 Å². The molecule has 0 spiro atoms. The summed E-state index contributed by atoms with van der Waals surface area (Å²) in [4.78, 5) is 14.3. The van der Waals surface area contributed by atoms with E-state index < -0.39 is 0 Å². The van der Waals surface area contributed by atoms with Gasteiger partial charge in [-0.25, -0.2) is 0 Å². The fraction of sp³-hybridized carbons (Fsp3) is 0.444. The van der Waals surface area contributed by atoms with Gasteiger partial charge in [0.2, 0.25) is 5.91 Å². The van der Waals surface area contributed by atoms with E-state index in [-0.39, 0.29) is 12.0 Å². The summed E-state index contributed by atoms with van der Waals surface area (Å²) < 4.78 is 5.04. The molecule has 2 N–H and O–H groups in total. The van der Waals surface area contributed by atoms with Crippen LogP contribution in [0, 0.1) is 0 Å². The Morgan fingerprint density at radius 1 is 1.77 bits per heavy atom. The number of rotatable bonds is 3. The van der Waals surface area contributed by atoms with Crippen LogP contribution in [-0.2, 0) is 16.1 Å².